The van der Waals surface area contributed by atoms with E-state index in [0.717, 1.165) is 77.8 Å². The first kappa shape index (κ1) is 26.1. The Hall–Kier alpha value is -4.13. The molecule has 1 saturated carbocycles. The van der Waals surface area contributed by atoms with Crippen LogP contribution < -0.4 is 0 Å². The standard InChI is InChI=1S/C33H32F2N4O/c1-2-3-11-30-36-28-9-4-5-10-29(28)38(30)21-31(40)39-33(23-14-18-26(35)19-15-23)27-8-6-7-24(32(27)37-39)20-22-12-16-25(34)17-13-22/h4-5,9-10,12-20,27,33H,2-3,6-8,11,21H2,1H3/b24-20-/t27-,33+/m0/s1. The first-order valence-electron chi connectivity index (χ1n) is 14.1. The fourth-order valence-electron chi connectivity index (χ4n) is 6.00. The van der Waals surface area contributed by atoms with E-state index >= 15 is 0 Å². The van der Waals surface area contributed by atoms with Gasteiger partial charge in [-0.25, -0.2) is 18.8 Å². The lowest BCUT2D eigenvalue weighted by Gasteiger charge is -2.30. The van der Waals surface area contributed by atoms with Gasteiger partial charge in [-0.2, -0.15) is 5.10 Å². The van der Waals surface area contributed by atoms with Crippen LogP contribution in [0.2, 0.25) is 0 Å². The van der Waals surface area contributed by atoms with E-state index in [-0.39, 0.29) is 36.0 Å². The van der Waals surface area contributed by atoms with E-state index in [1.165, 1.54) is 24.3 Å². The van der Waals surface area contributed by atoms with Crippen LogP contribution in [0.1, 0.15) is 62.0 Å². The lowest BCUT2D eigenvalue weighted by atomic mass is 9.77. The Balaban J connectivity index is 1.39. The topological polar surface area (TPSA) is 50.5 Å². The van der Waals surface area contributed by atoms with Gasteiger partial charge in [0.1, 0.15) is 24.0 Å². The number of carbonyl (C=O) groups excluding carboxylic acids is 1. The number of para-hydroxylation sites is 2. The van der Waals surface area contributed by atoms with Crippen LogP contribution in [0.15, 0.2) is 83.5 Å². The molecule has 2 atom stereocenters. The summed E-state index contributed by atoms with van der Waals surface area (Å²) in [6.45, 7) is 2.27. The van der Waals surface area contributed by atoms with Crippen molar-refractivity contribution in [3.63, 3.8) is 0 Å². The molecule has 4 aromatic rings. The number of unbranched alkanes of at least 4 members (excludes halogenated alkanes) is 1. The van der Waals surface area contributed by atoms with Crippen molar-refractivity contribution >= 4 is 28.7 Å². The number of fused-ring (bicyclic) bond motifs is 2. The number of hydrogen-bond donors (Lipinski definition) is 0. The second-order valence-corrected chi connectivity index (χ2v) is 10.6. The van der Waals surface area contributed by atoms with Crippen molar-refractivity contribution in [2.24, 2.45) is 11.0 Å². The van der Waals surface area contributed by atoms with Crippen LogP contribution >= 0.6 is 0 Å². The lowest BCUT2D eigenvalue weighted by molar-refractivity contribution is -0.134. The van der Waals surface area contributed by atoms with Crippen molar-refractivity contribution in [3.05, 3.63) is 107 Å². The third-order valence-electron chi connectivity index (χ3n) is 7.96. The summed E-state index contributed by atoms with van der Waals surface area (Å²) in [4.78, 5) is 18.9. The monoisotopic (exact) mass is 538 g/mol. The molecule has 7 heteroatoms. The summed E-state index contributed by atoms with van der Waals surface area (Å²) in [5.74, 6) is 0.176. The Morgan fingerprint density at radius 2 is 1.73 bits per heavy atom. The molecule has 0 N–H and O–H groups in total. The quantitative estimate of drug-likeness (QED) is 0.245. The van der Waals surface area contributed by atoms with Crippen LogP contribution in [0.5, 0.6) is 0 Å². The van der Waals surface area contributed by atoms with E-state index in [4.69, 9.17) is 10.1 Å². The van der Waals surface area contributed by atoms with Gasteiger partial charge in [0.25, 0.3) is 5.91 Å². The maximum absolute atomic E-state index is 14.1. The van der Waals surface area contributed by atoms with E-state index in [0.29, 0.717) is 0 Å². The summed E-state index contributed by atoms with van der Waals surface area (Å²) in [5, 5.41) is 6.59. The average Bonchev–Trinajstić information content (AvgIpc) is 3.53. The van der Waals surface area contributed by atoms with E-state index in [2.05, 4.69) is 6.92 Å². The summed E-state index contributed by atoms with van der Waals surface area (Å²) in [6, 6.07) is 20.4. The Bertz CT molecular complexity index is 1590. The molecule has 2 aliphatic rings. The van der Waals surface area contributed by atoms with E-state index in [9.17, 15) is 13.6 Å². The molecular formula is C33H32F2N4O. The molecule has 0 unspecified atom stereocenters. The smallest absolute Gasteiger partial charge is 0.263 e. The Morgan fingerprint density at radius 1 is 1.00 bits per heavy atom. The molecule has 2 heterocycles. The first-order valence-corrected chi connectivity index (χ1v) is 14.1. The molecule has 6 rings (SSSR count). The van der Waals surface area contributed by atoms with Gasteiger partial charge in [-0.15, -0.1) is 0 Å². The second-order valence-electron chi connectivity index (χ2n) is 10.6. The van der Waals surface area contributed by atoms with Gasteiger partial charge in [-0.05, 0) is 84.9 Å². The Kier molecular flexibility index (Phi) is 7.29. The number of allylic oxidation sites excluding steroid dienone is 1. The molecule has 40 heavy (non-hydrogen) atoms. The molecule has 204 valence electrons. The Labute approximate surface area is 232 Å². The first-order chi connectivity index (χ1) is 19.5. The lowest BCUT2D eigenvalue weighted by Crippen LogP contribution is -2.34. The number of amides is 1. The molecule has 0 radical (unpaired) electrons. The zero-order chi connectivity index (χ0) is 27.6. The highest BCUT2D eigenvalue weighted by atomic mass is 19.1. The zero-order valence-electron chi connectivity index (χ0n) is 22.6. The average molecular weight is 539 g/mol. The molecule has 1 amide bonds. The minimum Gasteiger partial charge on any atom is -0.318 e. The molecule has 0 saturated heterocycles. The molecule has 3 aromatic carbocycles. The van der Waals surface area contributed by atoms with Gasteiger partial charge in [-0.3, -0.25) is 4.79 Å². The molecule has 0 spiro atoms. The number of halogens is 2. The summed E-state index contributed by atoms with van der Waals surface area (Å²) in [5.41, 5.74) is 5.52. The van der Waals surface area contributed by atoms with Gasteiger partial charge in [0.2, 0.25) is 0 Å². The minimum absolute atomic E-state index is 0.00560. The number of aryl methyl sites for hydroxylation is 1. The van der Waals surface area contributed by atoms with Gasteiger partial charge in [0.15, 0.2) is 0 Å². The van der Waals surface area contributed by atoms with Crippen molar-refractivity contribution in [2.75, 3.05) is 0 Å². The summed E-state index contributed by atoms with van der Waals surface area (Å²) < 4.78 is 29.4. The number of hydrazone groups is 1. The number of imidazole rings is 1. The zero-order valence-corrected chi connectivity index (χ0v) is 22.6. The molecule has 5 nitrogen and oxygen atoms in total. The highest BCUT2D eigenvalue weighted by Crippen LogP contribution is 2.44. The third-order valence-corrected chi connectivity index (χ3v) is 7.96. The summed E-state index contributed by atoms with van der Waals surface area (Å²) in [6.07, 6.45) is 7.52. The van der Waals surface area contributed by atoms with Crippen molar-refractivity contribution < 1.29 is 13.6 Å². The normalized spacial score (nSPS) is 19.7. The predicted octanol–water partition coefficient (Wildman–Crippen LogP) is 7.48. The third kappa shape index (κ3) is 5.08. The van der Waals surface area contributed by atoms with Crippen molar-refractivity contribution in [1.29, 1.82) is 0 Å². The van der Waals surface area contributed by atoms with Gasteiger partial charge in [0.05, 0.1) is 22.8 Å². The summed E-state index contributed by atoms with van der Waals surface area (Å²) in [7, 11) is 0. The number of aromatic nitrogens is 2. The van der Waals surface area contributed by atoms with Gasteiger partial charge in [-0.1, -0.05) is 49.7 Å². The van der Waals surface area contributed by atoms with E-state index < -0.39 is 0 Å². The number of benzene rings is 3. The molecule has 0 bridgehead atoms. The molecule has 1 aromatic heterocycles. The highest BCUT2D eigenvalue weighted by molar-refractivity contribution is 6.08. The van der Waals surface area contributed by atoms with E-state index in [1.54, 1.807) is 29.3 Å². The van der Waals surface area contributed by atoms with Crippen LogP contribution in [0.3, 0.4) is 0 Å². The maximum atomic E-state index is 14.1. The largest absolute Gasteiger partial charge is 0.318 e. The molecule has 1 aliphatic heterocycles. The predicted molar refractivity (Wildman–Crippen MR) is 153 cm³/mol. The fourth-order valence-corrected chi connectivity index (χ4v) is 6.00. The second kappa shape index (κ2) is 11.2. The summed E-state index contributed by atoms with van der Waals surface area (Å²) >= 11 is 0. The van der Waals surface area contributed by atoms with Crippen LogP contribution in [0.25, 0.3) is 17.1 Å². The van der Waals surface area contributed by atoms with Crippen molar-refractivity contribution in [3.8, 4) is 0 Å². The number of hydrogen-bond acceptors (Lipinski definition) is 3. The van der Waals surface area contributed by atoms with Gasteiger partial charge in [0, 0.05) is 12.3 Å². The minimum atomic E-state index is -0.325. The molecule has 1 aliphatic carbocycles. The van der Waals surface area contributed by atoms with Gasteiger partial charge < -0.3 is 4.57 Å². The Morgan fingerprint density at radius 3 is 2.48 bits per heavy atom. The number of nitrogens with zero attached hydrogens (tertiary/aromatic N) is 4. The van der Waals surface area contributed by atoms with Crippen LogP contribution in [-0.4, -0.2) is 26.2 Å². The van der Waals surface area contributed by atoms with Crippen LogP contribution in [0, 0.1) is 17.6 Å². The fraction of sp³-hybridized carbons (Fsp3) is 0.303. The number of carbonyl (C=O) groups is 1. The molecular weight excluding hydrogens is 506 g/mol. The van der Waals surface area contributed by atoms with Crippen molar-refractivity contribution in [1.82, 2.24) is 14.6 Å². The highest BCUT2D eigenvalue weighted by Gasteiger charge is 2.43. The van der Waals surface area contributed by atoms with Crippen LogP contribution in [-0.2, 0) is 17.8 Å². The number of rotatable bonds is 7. The maximum Gasteiger partial charge on any atom is 0.263 e. The van der Waals surface area contributed by atoms with Crippen LogP contribution in [0.4, 0.5) is 8.78 Å². The SMILES string of the molecule is CCCCc1nc2ccccc2n1CC(=O)N1N=C2/C(=C\c3ccc(F)cc3)CCC[C@@H]2[C@H]1c1ccc(F)cc1. The van der Waals surface area contributed by atoms with Gasteiger partial charge >= 0.3 is 0 Å². The van der Waals surface area contributed by atoms with Crippen molar-refractivity contribution in [2.45, 2.75) is 58.0 Å². The molecule has 1 fully saturated rings. The van der Waals surface area contributed by atoms with E-state index in [1.807, 2.05) is 34.9 Å².